The van der Waals surface area contributed by atoms with Gasteiger partial charge >= 0.3 is 5.97 Å². The molecule has 6 heteroatoms. The minimum Gasteiger partial charge on any atom is -0.423 e. The third-order valence-electron chi connectivity index (χ3n) is 3.05. The molecule has 0 aromatic heterocycles. The molecule has 5 nitrogen and oxygen atoms in total. The van der Waals surface area contributed by atoms with E-state index in [0.29, 0.717) is 17.0 Å². The lowest BCUT2D eigenvalue weighted by Crippen LogP contribution is -2.23. The van der Waals surface area contributed by atoms with Crippen LogP contribution in [-0.4, -0.2) is 19.2 Å². The van der Waals surface area contributed by atoms with Gasteiger partial charge in [0.15, 0.2) is 13.2 Å². The van der Waals surface area contributed by atoms with Crippen LogP contribution in [0.3, 0.4) is 0 Å². The molecule has 24 heavy (non-hydrogen) atoms. The first-order chi connectivity index (χ1) is 11.2. The molecule has 0 aliphatic carbocycles. The van der Waals surface area contributed by atoms with Gasteiger partial charge in [-0.3, -0.25) is 0 Å². The molecule has 0 saturated heterocycles. The molecule has 0 heterocycles. The second kappa shape index (κ2) is 7.21. The lowest BCUT2D eigenvalue weighted by molar-refractivity contribution is 0.0735. The number of aliphatic imine (C=N–C) groups is 1. The molecule has 0 fully saturated rings. The van der Waals surface area contributed by atoms with E-state index in [0.717, 1.165) is 5.46 Å². The Hall–Kier alpha value is -2.76. The lowest BCUT2D eigenvalue weighted by atomic mass is 9.51. The second-order valence-electron chi connectivity index (χ2n) is 6.55. The van der Waals surface area contributed by atoms with Crippen molar-refractivity contribution < 1.29 is 9.53 Å². The fraction of sp³-hybridized carbons (Fsp3) is 0.222. The maximum Gasteiger partial charge on any atom is 0.343 e. The summed E-state index contributed by atoms with van der Waals surface area (Å²) >= 11 is 0. The summed E-state index contributed by atoms with van der Waals surface area (Å²) in [6.07, 6.45) is 0. The second-order valence-corrected chi connectivity index (χ2v) is 6.55. The molecule has 1 radical (unpaired) electrons. The summed E-state index contributed by atoms with van der Waals surface area (Å²) in [6, 6.07) is 13.9. The van der Waals surface area contributed by atoms with E-state index in [4.69, 9.17) is 16.2 Å². The molecule has 123 valence electrons. The molecule has 0 amide bonds. The first-order valence-electron chi connectivity index (χ1n) is 7.61. The Labute approximate surface area is 143 Å². The minimum atomic E-state index is -0.410. The molecule has 2 aromatic carbocycles. The van der Waals surface area contributed by atoms with Crippen LogP contribution in [0.2, 0.25) is 5.31 Å². The SMILES string of the molecule is CC(C)(C)[B]c1ccc(C(=O)Oc2ccc(N=C(N)N)cc2)cc1. The van der Waals surface area contributed by atoms with Crippen molar-refractivity contribution >= 4 is 30.4 Å². The van der Waals surface area contributed by atoms with Crippen molar-refractivity contribution in [2.24, 2.45) is 16.5 Å². The topological polar surface area (TPSA) is 90.7 Å². The molecule has 0 aliphatic heterocycles. The molecule has 0 atom stereocenters. The maximum absolute atomic E-state index is 12.2. The Balaban J connectivity index is 2.03. The summed E-state index contributed by atoms with van der Waals surface area (Å²) in [7, 11) is 2.14. The van der Waals surface area contributed by atoms with Crippen LogP contribution >= 0.6 is 0 Å². The van der Waals surface area contributed by atoms with E-state index in [2.05, 4.69) is 33.0 Å². The Kier molecular flexibility index (Phi) is 5.29. The van der Waals surface area contributed by atoms with Gasteiger partial charge in [-0.2, -0.15) is 0 Å². The maximum atomic E-state index is 12.2. The van der Waals surface area contributed by atoms with Crippen LogP contribution in [0.15, 0.2) is 53.5 Å². The molecular formula is C18H21BN3O2. The van der Waals surface area contributed by atoms with Gasteiger partial charge in [-0.25, -0.2) is 9.79 Å². The quantitative estimate of drug-likeness (QED) is 0.297. The van der Waals surface area contributed by atoms with Gasteiger partial charge in [-0.15, -0.1) is 0 Å². The van der Waals surface area contributed by atoms with E-state index in [1.807, 2.05) is 12.1 Å². The van der Waals surface area contributed by atoms with E-state index in [9.17, 15) is 4.79 Å². The summed E-state index contributed by atoms with van der Waals surface area (Å²) < 4.78 is 5.34. The number of ether oxygens (including phenoxy) is 1. The zero-order valence-corrected chi connectivity index (χ0v) is 14.1. The fourth-order valence-electron chi connectivity index (χ4n) is 2.12. The first-order valence-corrected chi connectivity index (χ1v) is 7.61. The highest BCUT2D eigenvalue weighted by atomic mass is 16.5. The van der Waals surface area contributed by atoms with Crippen LogP contribution in [0.5, 0.6) is 5.75 Å². The van der Waals surface area contributed by atoms with Crippen LogP contribution in [0.25, 0.3) is 0 Å². The van der Waals surface area contributed by atoms with Crippen molar-refractivity contribution in [2.75, 3.05) is 0 Å². The predicted molar refractivity (Wildman–Crippen MR) is 98.4 cm³/mol. The molecule has 0 aliphatic rings. The van der Waals surface area contributed by atoms with Gasteiger partial charge in [-0.05, 0) is 36.4 Å². The number of nitrogens with zero attached hydrogens (tertiary/aromatic N) is 1. The highest BCUT2D eigenvalue weighted by Gasteiger charge is 2.14. The van der Waals surface area contributed by atoms with Crippen molar-refractivity contribution in [1.29, 1.82) is 0 Å². The molecule has 0 saturated carbocycles. The Morgan fingerprint density at radius 1 is 1.00 bits per heavy atom. The molecule has 0 bridgehead atoms. The third-order valence-corrected chi connectivity index (χ3v) is 3.05. The van der Waals surface area contributed by atoms with Crippen LogP contribution in [0.4, 0.5) is 5.69 Å². The number of carbonyl (C=O) groups is 1. The molecule has 2 aromatic rings. The van der Waals surface area contributed by atoms with Gasteiger partial charge in [0.2, 0.25) is 0 Å². The van der Waals surface area contributed by atoms with Crippen molar-refractivity contribution in [2.45, 2.75) is 26.1 Å². The van der Waals surface area contributed by atoms with Gasteiger partial charge < -0.3 is 16.2 Å². The third kappa shape index (κ3) is 5.46. The summed E-state index contributed by atoms with van der Waals surface area (Å²) in [5, 5.41) is 0.0825. The molecular weight excluding hydrogens is 301 g/mol. The Morgan fingerprint density at radius 2 is 1.58 bits per heavy atom. The predicted octanol–water partition coefficient (Wildman–Crippen LogP) is 2.36. The summed E-state index contributed by atoms with van der Waals surface area (Å²) in [6.45, 7) is 6.38. The number of benzene rings is 2. The van der Waals surface area contributed by atoms with E-state index in [1.54, 1.807) is 36.4 Å². The smallest absolute Gasteiger partial charge is 0.343 e. The average molecular weight is 322 g/mol. The number of carbonyl (C=O) groups excluding carboxylic acids is 1. The Morgan fingerprint density at radius 3 is 2.08 bits per heavy atom. The van der Waals surface area contributed by atoms with Gasteiger partial charge in [0.1, 0.15) is 5.75 Å². The van der Waals surface area contributed by atoms with E-state index < -0.39 is 5.97 Å². The zero-order valence-electron chi connectivity index (χ0n) is 14.1. The van der Waals surface area contributed by atoms with E-state index >= 15 is 0 Å². The molecule has 4 N–H and O–H groups in total. The van der Waals surface area contributed by atoms with Crippen LogP contribution in [-0.2, 0) is 0 Å². The van der Waals surface area contributed by atoms with Crippen molar-refractivity contribution in [3.63, 3.8) is 0 Å². The van der Waals surface area contributed by atoms with Crippen molar-refractivity contribution in [3.05, 3.63) is 54.1 Å². The molecule has 2 rings (SSSR count). The largest absolute Gasteiger partial charge is 0.423 e. The highest BCUT2D eigenvalue weighted by Crippen LogP contribution is 2.20. The van der Waals surface area contributed by atoms with Crippen LogP contribution in [0.1, 0.15) is 31.1 Å². The van der Waals surface area contributed by atoms with Gasteiger partial charge in [0.05, 0.1) is 11.3 Å². The number of rotatable bonds is 4. The van der Waals surface area contributed by atoms with E-state index in [-0.39, 0.29) is 11.3 Å². The monoisotopic (exact) mass is 322 g/mol. The zero-order chi connectivity index (χ0) is 17.7. The first kappa shape index (κ1) is 17.6. The highest BCUT2D eigenvalue weighted by molar-refractivity contribution is 6.56. The Bertz CT molecular complexity index is 728. The average Bonchev–Trinajstić information content (AvgIpc) is 2.48. The van der Waals surface area contributed by atoms with E-state index in [1.165, 1.54) is 0 Å². The van der Waals surface area contributed by atoms with Gasteiger partial charge in [-0.1, -0.05) is 43.7 Å². The number of nitrogens with two attached hydrogens (primary N) is 2. The molecule has 0 spiro atoms. The number of hydrogen-bond acceptors (Lipinski definition) is 3. The minimum absolute atomic E-state index is 0.0214. The number of hydrogen-bond donors (Lipinski definition) is 2. The normalized spacial score (nSPS) is 10.8. The van der Waals surface area contributed by atoms with Crippen LogP contribution in [0, 0.1) is 0 Å². The summed E-state index contributed by atoms with van der Waals surface area (Å²) in [4.78, 5) is 16.1. The summed E-state index contributed by atoms with van der Waals surface area (Å²) in [5.74, 6) is -0.00123. The number of esters is 1. The van der Waals surface area contributed by atoms with Crippen molar-refractivity contribution in [3.8, 4) is 5.75 Å². The number of guanidine groups is 1. The van der Waals surface area contributed by atoms with Crippen LogP contribution < -0.4 is 21.7 Å². The standard InChI is InChI=1S/C18H21BN3O2/c1-18(2,3)19-13-6-4-12(5-7-13)16(23)24-15-10-8-14(9-11-15)22-17(20)21/h4-11H,1-3H3,(H4,20,21,22). The lowest BCUT2D eigenvalue weighted by Gasteiger charge is -2.16. The fourth-order valence-corrected chi connectivity index (χ4v) is 2.12. The van der Waals surface area contributed by atoms with Gasteiger partial charge in [0.25, 0.3) is 0 Å². The summed E-state index contributed by atoms with van der Waals surface area (Å²) in [5.41, 5.74) is 12.8. The molecule has 0 unspecified atom stereocenters. The van der Waals surface area contributed by atoms with Crippen molar-refractivity contribution in [1.82, 2.24) is 0 Å². The van der Waals surface area contributed by atoms with Gasteiger partial charge in [0, 0.05) is 0 Å².